The normalized spacial score (nSPS) is 11.8. The summed E-state index contributed by atoms with van der Waals surface area (Å²) >= 11 is 0. The molecule has 0 aliphatic carbocycles. The van der Waals surface area contributed by atoms with Crippen LogP contribution < -0.4 is 4.74 Å². The van der Waals surface area contributed by atoms with Crippen molar-refractivity contribution in [3.63, 3.8) is 0 Å². The monoisotopic (exact) mass is 263 g/mol. The van der Waals surface area contributed by atoms with Crippen molar-refractivity contribution in [2.75, 3.05) is 19.8 Å². The lowest BCUT2D eigenvalue weighted by atomic mass is 10.2. The number of nitriles is 1. The van der Waals surface area contributed by atoms with E-state index in [1.807, 2.05) is 12.1 Å². The summed E-state index contributed by atoms with van der Waals surface area (Å²) in [5, 5.41) is 18.2. The first-order chi connectivity index (χ1) is 9.26. The molecule has 0 fully saturated rings. The summed E-state index contributed by atoms with van der Waals surface area (Å²) in [4.78, 5) is 0. The van der Waals surface area contributed by atoms with E-state index in [2.05, 4.69) is 13.0 Å². The van der Waals surface area contributed by atoms with E-state index in [0.29, 0.717) is 25.4 Å². The number of hydrogen-bond donors (Lipinski definition) is 1. The minimum Gasteiger partial charge on any atom is -0.491 e. The number of aliphatic hydroxyl groups excluding tert-OH is 1. The first-order valence-corrected chi connectivity index (χ1v) is 6.60. The average Bonchev–Trinajstić information content (AvgIpc) is 2.43. The second-order valence-electron chi connectivity index (χ2n) is 4.37. The molecule has 0 heterocycles. The molecule has 1 unspecified atom stereocenters. The van der Waals surface area contributed by atoms with Crippen molar-refractivity contribution in [3.05, 3.63) is 29.8 Å². The minimum atomic E-state index is -0.615. The second-order valence-corrected chi connectivity index (χ2v) is 4.37. The first-order valence-electron chi connectivity index (χ1n) is 6.60. The van der Waals surface area contributed by atoms with Crippen LogP contribution in [-0.2, 0) is 11.2 Å². The molecule has 1 aromatic carbocycles. The van der Waals surface area contributed by atoms with Crippen LogP contribution in [0.3, 0.4) is 0 Å². The Morgan fingerprint density at radius 3 is 2.63 bits per heavy atom. The van der Waals surface area contributed by atoms with Gasteiger partial charge in [0.15, 0.2) is 0 Å². The Labute approximate surface area is 114 Å². The molecule has 0 aliphatic rings. The molecule has 4 heteroatoms. The highest BCUT2D eigenvalue weighted by Gasteiger charge is 2.05. The zero-order chi connectivity index (χ0) is 13.9. The van der Waals surface area contributed by atoms with E-state index in [4.69, 9.17) is 14.7 Å². The number of ether oxygens (including phenoxy) is 2. The second kappa shape index (κ2) is 9.37. The maximum atomic E-state index is 9.66. The zero-order valence-corrected chi connectivity index (χ0v) is 11.3. The average molecular weight is 263 g/mol. The Balaban J connectivity index is 2.22. The maximum absolute atomic E-state index is 9.66. The number of rotatable bonds is 9. The molecule has 4 nitrogen and oxygen atoms in total. The van der Waals surface area contributed by atoms with Crippen LogP contribution in [0, 0.1) is 11.3 Å². The van der Waals surface area contributed by atoms with Gasteiger partial charge in [-0.25, -0.2) is 0 Å². The highest BCUT2D eigenvalue weighted by molar-refractivity contribution is 5.28. The lowest BCUT2D eigenvalue weighted by Gasteiger charge is -2.12. The summed E-state index contributed by atoms with van der Waals surface area (Å²) in [6, 6.07) is 9.40. The first kappa shape index (κ1) is 15.5. The van der Waals surface area contributed by atoms with Crippen molar-refractivity contribution in [2.45, 2.75) is 32.3 Å². The third kappa shape index (κ3) is 6.80. The Kier molecular flexibility index (Phi) is 7.64. The van der Waals surface area contributed by atoms with Crippen LogP contribution in [0.5, 0.6) is 5.75 Å². The van der Waals surface area contributed by atoms with Gasteiger partial charge in [-0.3, -0.25) is 0 Å². The third-order valence-electron chi connectivity index (χ3n) is 2.60. The van der Waals surface area contributed by atoms with Crippen LogP contribution in [0.15, 0.2) is 24.3 Å². The molecule has 0 saturated carbocycles. The Bertz CT molecular complexity index is 383. The fourth-order valence-electron chi connectivity index (χ4n) is 1.50. The number of unbranched alkanes of at least 4 members (excludes halogenated alkanes) is 1. The number of hydrogen-bond acceptors (Lipinski definition) is 4. The fraction of sp³-hybridized carbons (Fsp3) is 0.533. The van der Waals surface area contributed by atoms with Crippen molar-refractivity contribution >= 4 is 0 Å². The van der Waals surface area contributed by atoms with E-state index < -0.39 is 6.10 Å². The van der Waals surface area contributed by atoms with Gasteiger partial charge in [0.25, 0.3) is 0 Å². The predicted molar refractivity (Wildman–Crippen MR) is 73.0 cm³/mol. The molecule has 1 N–H and O–H groups in total. The number of aliphatic hydroxyl groups is 1. The van der Waals surface area contributed by atoms with Gasteiger partial charge < -0.3 is 14.6 Å². The molecule has 19 heavy (non-hydrogen) atoms. The van der Waals surface area contributed by atoms with E-state index in [9.17, 15) is 5.11 Å². The van der Waals surface area contributed by atoms with Gasteiger partial charge in [0.1, 0.15) is 18.5 Å². The van der Waals surface area contributed by atoms with Crippen molar-refractivity contribution in [2.24, 2.45) is 0 Å². The molecular formula is C15H21NO3. The number of benzene rings is 1. The molecule has 0 bridgehead atoms. The Morgan fingerprint density at radius 2 is 2.00 bits per heavy atom. The summed E-state index contributed by atoms with van der Waals surface area (Å²) in [7, 11) is 0. The topological polar surface area (TPSA) is 62.5 Å². The van der Waals surface area contributed by atoms with Gasteiger partial charge in [0.2, 0.25) is 0 Å². The molecule has 0 radical (unpaired) electrons. The standard InChI is InChI=1S/C15H21NO3/c1-2-3-10-18-11-14(17)12-19-15-6-4-13(5-7-15)8-9-16/h4-7,14,17H,2-3,8,10-12H2,1H3. The van der Waals surface area contributed by atoms with E-state index in [1.165, 1.54) is 0 Å². The van der Waals surface area contributed by atoms with Gasteiger partial charge in [-0.2, -0.15) is 5.26 Å². The largest absolute Gasteiger partial charge is 0.491 e. The third-order valence-corrected chi connectivity index (χ3v) is 2.60. The van der Waals surface area contributed by atoms with E-state index in [0.717, 1.165) is 18.4 Å². The highest BCUT2D eigenvalue weighted by atomic mass is 16.5. The molecular weight excluding hydrogens is 242 g/mol. The smallest absolute Gasteiger partial charge is 0.119 e. The van der Waals surface area contributed by atoms with Crippen molar-refractivity contribution in [1.29, 1.82) is 5.26 Å². The molecule has 104 valence electrons. The van der Waals surface area contributed by atoms with Gasteiger partial charge in [0, 0.05) is 6.61 Å². The van der Waals surface area contributed by atoms with Gasteiger partial charge >= 0.3 is 0 Å². The quantitative estimate of drug-likeness (QED) is 0.694. The zero-order valence-electron chi connectivity index (χ0n) is 11.3. The molecule has 0 saturated heterocycles. The SMILES string of the molecule is CCCCOCC(O)COc1ccc(CC#N)cc1. The summed E-state index contributed by atoms with van der Waals surface area (Å²) in [5.74, 6) is 0.689. The highest BCUT2D eigenvalue weighted by Crippen LogP contribution is 2.12. The molecule has 1 aromatic rings. The summed E-state index contributed by atoms with van der Waals surface area (Å²) < 4.78 is 10.8. The molecule has 1 atom stereocenters. The van der Waals surface area contributed by atoms with Crippen molar-refractivity contribution in [1.82, 2.24) is 0 Å². The summed E-state index contributed by atoms with van der Waals surface area (Å²) in [6.07, 6.45) is 1.87. The van der Waals surface area contributed by atoms with Crippen LogP contribution in [0.1, 0.15) is 25.3 Å². The van der Waals surface area contributed by atoms with Crippen LogP contribution in [-0.4, -0.2) is 31.0 Å². The minimum absolute atomic E-state index is 0.212. The lowest BCUT2D eigenvalue weighted by molar-refractivity contribution is 0.0113. The van der Waals surface area contributed by atoms with Crippen LogP contribution in [0.4, 0.5) is 0 Å². The van der Waals surface area contributed by atoms with Gasteiger partial charge in [-0.05, 0) is 24.1 Å². The van der Waals surface area contributed by atoms with Crippen LogP contribution >= 0.6 is 0 Å². The van der Waals surface area contributed by atoms with Gasteiger partial charge in [0.05, 0.1) is 19.1 Å². The molecule has 0 aromatic heterocycles. The lowest BCUT2D eigenvalue weighted by Crippen LogP contribution is -2.23. The van der Waals surface area contributed by atoms with Crippen molar-refractivity contribution in [3.8, 4) is 11.8 Å². The molecule has 0 spiro atoms. The van der Waals surface area contributed by atoms with Gasteiger partial charge in [-0.1, -0.05) is 25.5 Å². The van der Waals surface area contributed by atoms with Gasteiger partial charge in [-0.15, -0.1) is 0 Å². The molecule has 0 amide bonds. The fourth-order valence-corrected chi connectivity index (χ4v) is 1.50. The van der Waals surface area contributed by atoms with E-state index >= 15 is 0 Å². The molecule has 1 rings (SSSR count). The van der Waals surface area contributed by atoms with E-state index in [1.54, 1.807) is 12.1 Å². The van der Waals surface area contributed by atoms with E-state index in [-0.39, 0.29) is 6.61 Å². The number of nitrogens with zero attached hydrogens (tertiary/aromatic N) is 1. The Hall–Kier alpha value is -1.57. The van der Waals surface area contributed by atoms with Crippen molar-refractivity contribution < 1.29 is 14.6 Å². The molecule has 0 aliphatic heterocycles. The maximum Gasteiger partial charge on any atom is 0.119 e. The summed E-state index contributed by atoms with van der Waals surface area (Å²) in [5.41, 5.74) is 0.957. The Morgan fingerprint density at radius 1 is 1.26 bits per heavy atom. The predicted octanol–water partition coefficient (Wildman–Crippen LogP) is 2.31. The van der Waals surface area contributed by atoms with Crippen LogP contribution in [0.25, 0.3) is 0 Å². The summed E-state index contributed by atoms with van der Waals surface area (Å²) in [6.45, 7) is 3.28. The van der Waals surface area contributed by atoms with Crippen LogP contribution in [0.2, 0.25) is 0 Å².